The number of likely N-dealkylation sites (tertiary alicyclic amines) is 2. The average Bonchev–Trinajstić information content (AvgIpc) is 3.87. The molecular formula is C41H48N6O5. The van der Waals surface area contributed by atoms with E-state index >= 15 is 0 Å². The fourth-order valence-corrected chi connectivity index (χ4v) is 8.82. The summed E-state index contributed by atoms with van der Waals surface area (Å²) in [6, 6.07) is 14.6. The number of hydrogen-bond acceptors (Lipinski definition) is 6. The Morgan fingerprint density at radius 2 is 1.77 bits per heavy atom. The number of nitrogens with zero attached hydrogens (tertiary/aromatic N) is 4. The van der Waals surface area contributed by atoms with E-state index in [4.69, 9.17) is 19.4 Å². The third-order valence-corrected chi connectivity index (χ3v) is 11.2. The van der Waals surface area contributed by atoms with Crippen LogP contribution in [0.5, 0.6) is 5.75 Å². The van der Waals surface area contributed by atoms with E-state index < -0.39 is 17.2 Å². The summed E-state index contributed by atoms with van der Waals surface area (Å²) in [5.74, 6) is 2.80. The topological polar surface area (TPSA) is 137 Å². The van der Waals surface area contributed by atoms with Gasteiger partial charge in [-0.1, -0.05) is 52.8 Å². The minimum Gasteiger partial charge on any atom is -0.488 e. The zero-order valence-electron chi connectivity index (χ0n) is 31.3. The zero-order valence-corrected chi connectivity index (χ0v) is 31.3. The second kappa shape index (κ2) is 11.7. The van der Waals surface area contributed by atoms with Gasteiger partial charge in [-0.3, -0.25) is 9.80 Å². The highest BCUT2D eigenvalue weighted by Gasteiger charge is 2.57. The summed E-state index contributed by atoms with van der Waals surface area (Å²) in [6.45, 7) is 17.7. The van der Waals surface area contributed by atoms with Crippen LogP contribution in [0.1, 0.15) is 91.5 Å². The third kappa shape index (κ3) is 5.47. The van der Waals surface area contributed by atoms with E-state index in [0.29, 0.717) is 37.9 Å². The van der Waals surface area contributed by atoms with Crippen LogP contribution in [0.4, 0.5) is 9.59 Å². The number of amides is 2. The van der Waals surface area contributed by atoms with Gasteiger partial charge in [-0.25, -0.2) is 19.6 Å². The van der Waals surface area contributed by atoms with E-state index in [0.717, 1.165) is 67.7 Å². The average molecular weight is 705 g/mol. The lowest BCUT2D eigenvalue weighted by Crippen LogP contribution is -2.53. The number of aromatic nitrogens is 4. The van der Waals surface area contributed by atoms with Gasteiger partial charge in [-0.2, -0.15) is 0 Å². The lowest BCUT2D eigenvalue weighted by molar-refractivity contribution is 0.0211. The van der Waals surface area contributed by atoms with Crippen LogP contribution in [0.15, 0.2) is 48.7 Å². The minimum atomic E-state index is -0.920. The summed E-state index contributed by atoms with van der Waals surface area (Å²) in [7, 11) is 0. The van der Waals surface area contributed by atoms with Gasteiger partial charge in [0.15, 0.2) is 0 Å². The van der Waals surface area contributed by atoms with Crippen molar-refractivity contribution >= 4 is 34.0 Å². The van der Waals surface area contributed by atoms with Crippen LogP contribution in [0, 0.1) is 17.3 Å². The number of aromatic amines is 2. The van der Waals surface area contributed by atoms with Gasteiger partial charge in [-0.15, -0.1) is 0 Å². The van der Waals surface area contributed by atoms with Crippen molar-refractivity contribution in [3.8, 4) is 28.1 Å². The van der Waals surface area contributed by atoms with Crippen LogP contribution < -0.4 is 4.74 Å². The second-order valence-corrected chi connectivity index (χ2v) is 17.3. The Kier molecular flexibility index (Phi) is 7.68. The van der Waals surface area contributed by atoms with Crippen molar-refractivity contribution in [1.82, 2.24) is 29.7 Å². The van der Waals surface area contributed by atoms with Gasteiger partial charge in [0.25, 0.3) is 0 Å². The molecule has 2 amide bonds. The maximum absolute atomic E-state index is 13.1. The molecule has 11 heteroatoms. The quantitative estimate of drug-likeness (QED) is 0.170. The first kappa shape index (κ1) is 34.0. The molecule has 2 saturated heterocycles. The minimum absolute atomic E-state index is 0.190. The maximum atomic E-state index is 13.1. The zero-order chi connectivity index (χ0) is 36.9. The van der Waals surface area contributed by atoms with Crippen molar-refractivity contribution in [2.75, 3.05) is 13.1 Å². The molecule has 52 heavy (non-hydrogen) atoms. The van der Waals surface area contributed by atoms with E-state index in [2.05, 4.69) is 87.1 Å². The Morgan fingerprint density at radius 3 is 2.50 bits per heavy atom. The number of carbonyl (C=O) groups excluding carboxylic acids is 1. The monoisotopic (exact) mass is 704 g/mol. The number of rotatable bonds is 3. The molecule has 5 aromatic rings. The van der Waals surface area contributed by atoms with Gasteiger partial charge in [0.1, 0.15) is 35.1 Å². The van der Waals surface area contributed by atoms with E-state index in [9.17, 15) is 14.7 Å². The summed E-state index contributed by atoms with van der Waals surface area (Å²) in [5, 5.41) is 12.2. The van der Waals surface area contributed by atoms with Crippen molar-refractivity contribution in [1.29, 1.82) is 0 Å². The van der Waals surface area contributed by atoms with Gasteiger partial charge in [0, 0.05) is 24.0 Å². The number of H-pyrrole nitrogens is 2. The molecule has 0 saturated carbocycles. The Balaban J connectivity index is 1.11. The fraction of sp³-hybridized carbons (Fsp3) is 0.463. The first-order valence-corrected chi connectivity index (χ1v) is 18.3. The molecule has 272 valence electrons. The SMILES string of the molecule is C[C@@H]1CN(C(=O)O)[C@](c2ncc(-c3ccc4c(c3)COc3cc5c(ccc6[nH]c([C@@H]7C[C@H](C)CN7C(=O)OC(C)(C)C)nc65)cc3-4)[nH]2)(C(C)(C)C)C1. The molecule has 2 aromatic heterocycles. The molecular weight excluding hydrogens is 656 g/mol. The van der Waals surface area contributed by atoms with Gasteiger partial charge in [0.2, 0.25) is 0 Å². The third-order valence-electron chi connectivity index (χ3n) is 11.2. The first-order chi connectivity index (χ1) is 24.5. The molecule has 3 N–H and O–H groups in total. The number of nitrogens with one attached hydrogen (secondary N) is 2. The molecule has 3 aliphatic rings. The second-order valence-electron chi connectivity index (χ2n) is 17.3. The van der Waals surface area contributed by atoms with Gasteiger partial charge < -0.3 is 24.5 Å². The molecule has 0 bridgehead atoms. The highest BCUT2D eigenvalue weighted by molar-refractivity contribution is 6.07. The van der Waals surface area contributed by atoms with Crippen LogP contribution in [0.25, 0.3) is 44.2 Å². The van der Waals surface area contributed by atoms with Gasteiger partial charge >= 0.3 is 12.2 Å². The molecule has 5 heterocycles. The summed E-state index contributed by atoms with van der Waals surface area (Å²) in [4.78, 5) is 45.9. The number of carbonyl (C=O) groups is 2. The molecule has 0 spiro atoms. The Hall–Kier alpha value is -5.06. The number of hydrogen-bond donors (Lipinski definition) is 3. The normalized spacial score (nSPS) is 23.2. The summed E-state index contributed by atoms with van der Waals surface area (Å²) in [6.07, 6.45) is 2.10. The molecule has 0 unspecified atom stereocenters. The molecule has 0 radical (unpaired) electrons. The van der Waals surface area contributed by atoms with E-state index in [1.807, 2.05) is 27.0 Å². The molecule has 8 rings (SSSR count). The Labute approximate surface area is 303 Å². The lowest BCUT2D eigenvalue weighted by atomic mass is 9.70. The maximum Gasteiger partial charge on any atom is 0.410 e. The van der Waals surface area contributed by atoms with E-state index in [-0.39, 0.29) is 23.5 Å². The predicted molar refractivity (Wildman–Crippen MR) is 200 cm³/mol. The highest BCUT2D eigenvalue weighted by Crippen LogP contribution is 2.52. The number of fused-ring (bicyclic) bond motifs is 6. The molecule has 11 nitrogen and oxygen atoms in total. The molecule has 0 aliphatic carbocycles. The van der Waals surface area contributed by atoms with Crippen LogP contribution in [-0.4, -0.2) is 65.7 Å². The van der Waals surface area contributed by atoms with Gasteiger partial charge in [0.05, 0.1) is 29.0 Å². The van der Waals surface area contributed by atoms with Crippen LogP contribution >= 0.6 is 0 Å². The predicted octanol–water partition coefficient (Wildman–Crippen LogP) is 9.24. The van der Waals surface area contributed by atoms with Crippen LogP contribution in [-0.2, 0) is 16.9 Å². The van der Waals surface area contributed by atoms with Crippen molar-refractivity contribution in [2.45, 2.75) is 92.0 Å². The standard InChI is InChI=1S/C41H48N6O5/c1-22-13-32(46(19-22)38(50)52-40(6,7)8)35-43-30-12-10-24-15-29-27-11-9-25(14-26(27)21-51-33(29)16-28(24)34(30)45-35)31-18-42-36(44-31)41(39(3,4)5)17-23(2)20-47(41)37(48)49/h9-12,14-16,18,22-23,32H,13,17,19-21H2,1-8H3,(H,42,44)(H,43,45)(H,48,49)/t22-,23-,32-,41+/m0/s1. The van der Waals surface area contributed by atoms with Crippen LogP contribution in [0.2, 0.25) is 0 Å². The number of benzene rings is 3. The van der Waals surface area contributed by atoms with Crippen molar-refractivity contribution < 1.29 is 24.2 Å². The molecule has 3 aliphatic heterocycles. The Morgan fingerprint density at radius 1 is 0.981 bits per heavy atom. The molecule has 3 aromatic carbocycles. The fourth-order valence-electron chi connectivity index (χ4n) is 8.82. The van der Waals surface area contributed by atoms with Crippen molar-refractivity contribution in [3.63, 3.8) is 0 Å². The van der Waals surface area contributed by atoms with E-state index in [1.165, 1.54) is 0 Å². The van der Waals surface area contributed by atoms with Crippen molar-refractivity contribution in [2.24, 2.45) is 17.3 Å². The summed E-state index contributed by atoms with van der Waals surface area (Å²) >= 11 is 0. The first-order valence-electron chi connectivity index (χ1n) is 18.3. The van der Waals surface area contributed by atoms with E-state index in [1.54, 1.807) is 9.80 Å². The largest absolute Gasteiger partial charge is 0.488 e. The molecule has 4 atom stereocenters. The van der Waals surface area contributed by atoms with Gasteiger partial charge in [-0.05, 0) is 97.2 Å². The Bertz CT molecular complexity index is 2240. The number of imidazole rings is 2. The smallest absolute Gasteiger partial charge is 0.410 e. The highest BCUT2D eigenvalue weighted by atomic mass is 16.6. The van der Waals surface area contributed by atoms with Crippen molar-refractivity contribution in [3.05, 3.63) is 65.9 Å². The number of carboxylic acid groups (broad SMARTS) is 1. The molecule has 2 fully saturated rings. The number of ether oxygens (including phenoxy) is 2. The summed E-state index contributed by atoms with van der Waals surface area (Å²) in [5.41, 5.74) is 5.05. The van der Waals surface area contributed by atoms with Crippen LogP contribution in [0.3, 0.4) is 0 Å². The lowest BCUT2D eigenvalue weighted by Gasteiger charge is -2.45. The summed E-state index contributed by atoms with van der Waals surface area (Å²) < 4.78 is 12.2.